The molecule has 8 aliphatic carbocycles. The number of ether oxygens (including phenoxy) is 4. The van der Waals surface area contributed by atoms with Crippen molar-refractivity contribution in [2.24, 2.45) is 11.5 Å². The van der Waals surface area contributed by atoms with Crippen LogP contribution in [0.25, 0.3) is 259 Å². The Morgan fingerprint density at radius 1 is 0.233 bits per heavy atom. The normalized spacial score (nSPS) is 28.6. The van der Waals surface area contributed by atoms with Crippen LogP contribution in [0, 0.1) is 0 Å². The van der Waals surface area contributed by atoms with E-state index in [2.05, 4.69) is 14.1 Å². The third-order valence-electron chi connectivity index (χ3n) is 30.2. The number of quaternary nitrogens is 2. The topological polar surface area (TPSA) is 89.0 Å². The van der Waals surface area contributed by atoms with E-state index in [1.165, 1.54) is 0 Å². The molecule has 0 saturated carbocycles. The van der Waals surface area contributed by atoms with Gasteiger partial charge in [0.1, 0.15) is 13.1 Å². The molecule has 3 unspecified atom stereocenters. The van der Waals surface area contributed by atoms with E-state index < -0.39 is 0 Å². The fourth-order valence-electron chi connectivity index (χ4n) is 29.9. The summed E-state index contributed by atoms with van der Waals surface area (Å²) >= 11 is 0. The van der Waals surface area contributed by atoms with Crippen LogP contribution in [0.15, 0.2) is 0 Å². The summed E-state index contributed by atoms with van der Waals surface area (Å²) in [5, 5.41) is 77.4. The highest BCUT2D eigenvalue weighted by Crippen LogP contribution is 2.90. The fourth-order valence-corrected chi connectivity index (χ4v) is 29.9. The molecular formula is C78H42N4O4+2. The Hall–Kier alpha value is -7.60. The van der Waals surface area contributed by atoms with E-state index >= 15 is 0 Å². The quantitative estimate of drug-likeness (QED) is 0.0569. The van der Waals surface area contributed by atoms with Crippen LogP contribution in [0.4, 0.5) is 0 Å². The average molecular weight is 1100 g/mol. The molecule has 4 spiro atoms. The molecule has 2 saturated heterocycles. The number of hydrogen-bond donors (Lipinski definition) is 2. The van der Waals surface area contributed by atoms with Gasteiger partial charge in [0.05, 0.1) is 115 Å². The van der Waals surface area contributed by atoms with Gasteiger partial charge < -0.3 is 39.4 Å². The van der Waals surface area contributed by atoms with Gasteiger partial charge in [0, 0.05) is 13.1 Å². The van der Waals surface area contributed by atoms with Gasteiger partial charge in [0.2, 0.25) is 0 Å². The van der Waals surface area contributed by atoms with Crippen LogP contribution in [-0.2, 0) is 40.6 Å². The standard InChI is InChI=1S/C78H42N4O4/c1-81(5-9-85-13-11-83-7-3-79)15-75-67-53-43-32-23-19-20-22-27-21(19)28-25-30(23)38(43)49-41-34(25)45-36(28)47-40(27)48-37-29(22)26-31-24(20)33(32)44-39(31)50-42-35(26)46(37)58-62-52(42)64(60(50)68(75)54(44)53)74-66-65-71-61(51(41)63(59(49)67)73(65)78(74,75)18-81)57(45)69-55(47)56(48)70(58)77(72(62)66)17-82(2,16-76(69,71)77)6-10-86-14-12-84-8-4-80/h3-18,79-80H2,1-2H3/q+2. The van der Waals surface area contributed by atoms with E-state index in [1.54, 1.807) is 281 Å². The number of benzene rings is 16. The molecular weight excluding hydrogens is 1060 g/mol. The van der Waals surface area contributed by atoms with Crippen molar-refractivity contribution < 1.29 is 27.9 Å². The van der Waals surface area contributed by atoms with Crippen molar-refractivity contribution in [3.63, 3.8) is 0 Å². The molecule has 0 amide bonds. The van der Waals surface area contributed by atoms with E-state index in [-0.39, 0.29) is 21.7 Å². The molecule has 2 fully saturated rings. The summed E-state index contributed by atoms with van der Waals surface area (Å²) in [6, 6.07) is 0. The first-order chi connectivity index (χ1) is 42.4. The predicted octanol–water partition coefficient (Wildman–Crippen LogP) is 13.7. The summed E-state index contributed by atoms with van der Waals surface area (Å²) in [5.74, 6) is 0. The van der Waals surface area contributed by atoms with Crippen molar-refractivity contribution in [1.82, 2.24) is 0 Å². The summed E-state index contributed by atoms with van der Waals surface area (Å²) < 4.78 is 27.4. The fraction of sp³-hybridized carbons (Fsp3) is 0.282. The Kier molecular flexibility index (Phi) is 4.32. The molecule has 10 aliphatic rings. The van der Waals surface area contributed by atoms with E-state index in [4.69, 9.17) is 30.4 Å². The van der Waals surface area contributed by atoms with Gasteiger partial charge in [-0.05, 0) is 303 Å². The summed E-state index contributed by atoms with van der Waals surface area (Å²) in [4.78, 5) is 0. The number of likely N-dealkylation sites (tertiary alicyclic amines) is 2. The molecule has 3 atom stereocenters. The monoisotopic (exact) mass is 1100 g/mol. The lowest BCUT2D eigenvalue weighted by Gasteiger charge is -2.48. The molecule has 8 nitrogen and oxygen atoms in total. The minimum absolute atomic E-state index is 0.248. The van der Waals surface area contributed by atoms with Crippen LogP contribution < -0.4 is 11.5 Å². The number of rotatable bonds is 16. The highest BCUT2D eigenvalue weighted by Gasteiger charge is 2.83. The zero-order chi connectivity index (χ0) is 53.5. The maximum Gasteiger partial charge on any atom is 0.102 e. The van der Waals surface area contributed by atoms with Gasteiger partial charge in [-0.2, -0.15) is 0 Å². The third-order valence-corrected chi connectivity index (χ3v) is 30.2. The Balaban J connectivity index is 0.902. The number of nitrogens with two attached hydrogens (primary N) is 2. The van der Waals surface area contributed by atoms with Gasteiger partial charge in [0.15, 0.2) is 0 Å². The molecule has 2 heterocycles. The van der Waals surface area contributed by atoms with Gasteiger partial charge >= 0.3 is 0 Å². The molecule has 0 radical (unpaired) electrons. The van der Waals surface area contributed by atoms with Crippen molar-refractivity contribution in [3.8, 4) is 11.1 Å². The Morgan fingerprint density at radius 2 is 0.395 bits per heavy atom. The highest BCUT2D eigenvalue weighted by molar-refractivity contribution is 6.79. The molecule has 0 bridgehead atoms. The smallest absolute Gasteiger partial charge is 0.102 e. The van der Waals surface area contributed by atoms with Crippen LogP contribution in [-0.4, -0.2) is 128 Å². The average Bonchev–Trinajstić information content (AvgIpc) is 1.36. The van der Waals surface area contributed by atoms with E-state index in [9.17, 15) is 0 Å². The summed E-state index contributed by atoms with van der Waals surface area (Å²) in [5.41, 5.74) is 28.7. The van der Waals surface area contributed by atoms with Gasteiger partial charge in [-0.1, -0.05) is 0 Å². The summed E-state index contributed by atoms with van der Waals surface area (Å²) in [6.45, 7) is 12.5. The molecule has 86 heavy (non-hydrogen) atoms. The SMILES string of the molecule is C[N+]1(CCOCCOCCN)CC23c4c5c6c7c8c9c%10c%11c%12c%13c%14c(c-5c5c%15c%16c(c%17c%18c2c2c4c7c4c8c7c%10c8c%10c%11c%11c%13c(c%14%15)c%13c%16c%14c%17c%15c%18c%16c2c4c2c7c8c4c(c%162)c%15c2c%14c%13c%11c%10c24)C53C1)C61C[N+](C)(CCOCCOCCN)CC9%121. The van der Waals surface area contributed by atoms with Gasteiger partial charge in [-0.3, -0.25) is 0 Å². The Morgan fingerprint density at radius 3 is 0.616 bits per heavy atom. The molecule has 34 rings (SSSR count). The lowest BCUT2D eigenvalue weighted by Crippen LogP contribution is -2.51. The molecule has 24 aromatic carbocycles. The molecule has 24 aromatic rings. The first-order valence-corrected chi connectivity index (χ1v) is 32.8. The van der Waals surface area contributed by atoms with Gasteiger partial charge in [-0.25, -0.2) is 0 Å². The lowest BCUT2D eigenvalue weighted by atomic mass is 9.49. The second kappa shape index (κ2) is 9.65. The maximum absolute atomic E-state index is 6.75. The van der Waals surface area contributed by atoms with Crippen LogP contribution in [0.1, 0.15) is 44.5 Å². The van der Waals surface area contributed by atoms with Crippen LogP contribution in [0.5, 0.6) is 0 Å². The second-order valence-corrected chi connectivity index (χ2v) is 32.0. The largest absolute Gasteiger partial charge is 0.378 e. The Bertz CT molecular complexity index is 7170. The molecule has 8 heteroatoms. The van der Waals surface area contributed by atoms with E-state index in [0.29, 0.717) is 52.7 Å². The van der Waals surface area contributed by atoms with Crippen molar-refractivity contribution in [1.29, 1.82) is 0 Å². The third kappa shape index (κ3) is 2.43. The van der Waals surface area contributed by atoms with Crippen molar-refractivity contribution in [3.05, 3.63) is 44.5 Å². The lowest BCUT2D eigenvalue weighted by molar-refractivity contribution is -0.901. The minimum Gasteiger partial charge on any atom is -0.378 e. The summed E-state index contributed by atoms with van der Waals surface area (Å²) in [7, 11) is 5.41. The number of nitrogens with zero attached hydrogens (tertiary/aromatic N) is 2. The van der Waals surface area contributed by atoms with Crippen LogP contribution >= 0.6 is 0 Å². The minimum atomic E-state index is -0.257. The molecule has 4 N–H and O–H groups in total. The summed E-state index contributed by atoms with van der Waals surface area (Å²) in [6.07, 6.45) is 0. The zero-order valence-electron chi connectivity index (χ0n) is 47.0. The van der Waals surface area contributed by atoms with Gasteiger partial charge in [-0.15, -0.1) is 0 Å². The van der Waals surface area contributed by atoms with E-state index in [1.807, 2.05) is 22.3 Å². The van der Waals surface area contributed by atoms with Crippen molar-refractivity contribution in [2.75, 3.05) is 119 Å². The van der Waals surface area contributed by atoms with Crippen LogP contribution in [0.3, 0.4) is 0 Å². The first kappa shape index (κ1) is 38.5. The Labute approximate surface area is 481 Å². The van der Waals surface area contributed by atoms with Gasteiger partial charge in [0.25, 0.3) is 0 Å². The second-order valence-electron chi connectivity index (χ2n) is 32.0. The zero-order valence-corrected chi connectivity index (χ0v) is 47.0. The molecule has 0 aromatic heterocycles. The van der Waals surface area contributed by atoms with Crippen LogP contribution in [0.2, 0.25) is 0 Å². The van der Waals surface area contributed by atoms with Crippen molar-refractivity contribution >= 4 is 248 Å². The maximum atomic E-state index is 6.75. The molecule has 396 valence electrons. The molecule has 2 aliphatic heterocycles. The predicted molar refractivity (Wildman–Crippen MR) is 349 cm³/mol. The number of likely N-dealkylation sites (N-methyl/N-ethyl adjacent to an activating group) is 2. The number of hydrogen-bond acceptors (Lipinski definition) is 6. The van der Waals surface area contributed by atoms with Crippen molar-refractivity contribution in [2.45, 2.75) is 21.7 Å². The van der Waals surface area contributed by atoms with E-state index in [0.717, 1.165) is 61.4 Å². The first-order valence-electron chi connectivity index (χ1n) is 32.8. The highest BCUT2D eigenvalue weighted by atomic mass is 16.5.